The van der Waals surface area contributed by atoms with Crippen LogP contribution in [0.3, 0.4) is 0 Å². The minimum absolute atomic E-state index is 0.0894. The molecule has 1 fully saturated rings. The Bertz CT molecular complexity index is 542. The number of esters is 1. The third kappa shape index (κ3) is 4.51. The van der Waals surface area contributed by atoms with Crippen LogP contribution in [0.25, 0.3) is 0 Å². The standard InChI is InChI=1S/C16H19F2NO3/c1-10-4-2-3-5-14(10)19-15(20)9-22-16(21)11-6-12(17)8-13(18)7-11/h6-8,10,14H,2-5,9H2,1H3,(H,19,20)/t10-,14+/m1/s1. The maximum Gasteiger partial charge on any atom is 0.338 e. The average molecular weight is 311 g/mol. The lowest BCUT2D eigenvalue weighted by Crippen LogP contribution is -2.42. The predicted molar refractivity (Wildman–Crippen MR) is 76.2 cm³/mol. The van der Waals surface area contributed by atoms with E-state index in [9.17, 15) is 18.4 Å². The van der Waals surface area contributed by atoms with Gasteiger partial charge in [-0.25, -0.2) is 13.6 Å². The molecule has 0 aliphatic heterocycles. The molecular weight excluding hydrogens is 292 g/mol. The summed E-state index contributed by atoms with van der Waals surface area (Å²) in [5.41, 5.74) is -0.253. The number of carbonyl (C=O) groups excluding carboxylic acids is 2. The highest BCUT2D eigenvalue weighted by Gasteiger charge is 2.23. The first-order valence-corrected chi connectivity index (χ1v) is 7.38. The summed E-state index contributed by atoms with van der Waals surface area (Å²) in [6.45, 7) is 1.62. The molecule has 1 saturated carbocycles. The average Bonchev–Trinajstić information content (AvgIpc) is 2.46. The number of amides is 1. The summed E-state index contributed by atoms with van der Waals surface area (Å²) < 4.78 is 30.8. The lowest BCUT2D eigenvalue weighted by atomic mass is 9.86. The van der Waals surface area contributed by atoms with Crippen molar-refractivity contribution < 1.29 is 23.1 Å². The SMILES string of the molecule is C[C@@H]1CCCC[C@@H]1NC(=O)COC(=O)c1cc(F)cc(F)c1. The number of carbonyl (C=O) groups is 2. The summed E-state index contributed by atoms with van der Waals surface area (Å²) in [4.78, 5) is 23.5. The second-order valence-electron chi connectivity index (χ2n) is 5.67. The van der Waals surface area contributed by atoms with E-state index < -0.39 is 30.1 Å². The normalized spacial score (nSPS) is 21.2. The molecule has 1 amide bonds. The molecule has 0 saturated heterocycles. The molecule has 0 heterocycles. The molecule has 0 spiro atoms. The second-order valence-corrected chi connectivity index (χ2v) is 5.67. The van der Waals surface area contributed by atoms with Gasteiger partial charge in [0.05, 0.1) is 5.56 Å². The molecule has 0 radical (unpaired) electrons. The van der Waals surface area contributed by atoms with Crippen LogP contribution in [0.15, 0.2) is 18.2 Å². The van der Waals surface area contributed by atoms with Gasteiger partial charge in [-0.15, -0.1) is 0 Å². The van der Waals surface area contributed by atoms with E-state index in [1.54, 1.807) is 0 Å². The predicted octanol–water partition coefficient (Wildman–Crippen LogP) is 2.82. The quantitative estimate of drug-likeness (QED) is 0.870. The molecular formula is C16H19F2NO3. The first kappa shape index (κ1) is 16.4. The zero-order valence-corrected chi connectivity index (χ0v) is 12.4. The van der Waals surface area contributed by atoms with E-state index in [1.807, 2.05) is 0 Å². The van der Waals surface area contributed by atoms with Gasteiger partial charge in [-0.1, -0.05) is 19.8 Å². The monoisotopic (exact) mass is 311 g/mol. The molecule has 1 aliphatic rings. The van der Waals surface area contributed by atoms with E-state index in [1.165, 1.54) is 0 Å². The molecule has 0 aromatic heterocycles. The fraction of sp³-hybridized carbons (Fsp3) is 0.500. The maximum absolute atomic E-state index is 13.0. The molecule has 0 unspecified atom stereocenters. The molecule has 2 rings (SSSR count). The molecule has 0 bridgehead atoms. The van der Waals surface area contributed by atoms with Crippen molar-refractivity contribution in [2.24, 2.45) is 5.92 Å². The minimum atomic E-state index is -0.926. The summed E-state index contributed by atoms with van der Waals surface area (Å²) >= 11 is 0. The van der Waals surface area contributed by atoms with Crippen LogP contribution in [0.2, 0.25) is 0 Å². The molecule has 22 heavy (non-hydrogen) atoms. The first-order valence-electron chi connectivity index (χ1n) is 7.38. The third-order valence-corrected chi connectivity index (χ3v) is 3.89. The van der Waals surface area contributed by atoms with Gasteiger partial charge in [0.15, 0.2) is 6.61 Å². The Labute approximate surface area is 127 Å². The van der Waals surface area contributed by atoms with E-state index in [-0.39, 0.29) is 11.6 Å². The van der Waals surface area contributed by atoms with Gasteiger partial charge in [-0.05, 0) is 30.9 Å². The Morgan fingerprint density at radius 1 is 1.18 bits per heavy atom. The van der Waals surface area contributed by atoms with Gasteiger partial charge in [0.2, 0.25) is 0 Å². The Balaban J connectivity index is 1.83. The van der Waals surface area contributed by atoms with Crippen LogP contribution < -0.4 is 5.32 Å². The van der Waals surface area contributed by atoms with Crippen LogP contribution in [0.5, 0.6) is 0 Å². The van der Waals surface area contributed by atoms with Crippen molar-refractivity contribution in [1.29, 1.82) is 0 Å². The highest BCUT2D eigenvalue weighted by atomic mass is 19.1. The van der Waals surface area contributed by atoms with Gasteiger partial charge in [0, 0.05) is 12.1 Å². The fourth-order valence-electron chi connectivity index (χ4n) is 2.67. The number of nitrogens with one attached hydrogen (secondary N) is 1. The Kier molecular flexibility index (Phi) is 5.46. The lowest BCUT2D eigenvalue weighted by molar-refractivity contribution is -0.125. The van der Waals surface area contributed by atoms with Crippen LogP contribution >= 0.6 is 0 Å². The minimum Gasteiger partial charge on any atom is -0.452 e. The van der Waals surface area contributed by atoms with Crippen molar-refractivity contribution in [2.75, 3.05) is 6.61 Å². The van der Waals surface area contributed by atoms with E-state index in [0.29, 0.717) is 12.0 Å². The molecule has 1 N–H and O–H groups in total. The van der Waals surface area contributed by atoms with Crippen LogP contribution in [-0.4, -0.2) is 24.5 Å². The Hall–Kier alpha value is -1.98. The Morgan fingerprint density at radius 2 is 1.82 bits per heavy atom. The summed E-state index contributed by atoms with van der Waals surface area (Å²) in [6.07, 6.45) is 4.20. The van der Waals surface area contributed by atoms with Crippen molar-refractivity contribution >= 4 is 11.9 Å². The topological polar surface area (TPSA) is 55.4 Å². The summed E-state index contributed by atoms with van der Waals surface area (Å²) in [5.74, 6) is -2.67. The van der Waals surface area contributed by atoms with E-state index in [4.69, 9.17) is 4.74 Å². The van der Waals surface area contributed by atoms with Crippen LogP contribution in [0, 0.1) is 17.6 Å². The number of halogens is 2. The highest BCUT2D eigenvalue weighted by molar-refractivity contribution is 5.91. The van der Waals surface area contributed by atoms with Crippen molar-refractivity contribution in [1.82, 2.24) is 5.32 Å². The van der Waals surface area contributed by atoms with E-state index in [0.717, 1.165) is 37.8 Å². The van der Waals surface area contributed by atoms with Crippen LogP contribution in [0.1, 0.15) is 43.0 Å². The van der Waals surface area contributed by atoms with Gasteiger partial charge in [-0.3, -0.25) is 4.79 Å². The molecule has 6 heteroatoms. The Morgan fingerprint density at radius 3 is 2.45 bits per heavy atom. The van der Waals surface area contributed by atoms with Crippen molar-refractivity contribution in [3.8, 4) is 0 Å². The van der Waals surface area contributed by atoms with Gasteiger partial charge in [-0.2, -0.15) is 0 Å². The molecule has 2 atom stereocenters. The van der Waals surface area contributed by atoms with Crippen molar-refractivity contribution in [2.45, 2.75) is 38.6 Å². The zero-order chi connectivity index (χ0) is 16.1. The smallest absolute Gasteiger partial charge is 0.338 e. The largest absolute Gasteiger partial charge is 0.452 e. The number of ether oxygens (including phenoxy) is 1. The number of hydrogen-bond acceptors (Lipinski definition) is 3. The molecule has 1 aliphatic carbocycles. The van der Waals surface area contributed by atoms with E-state index >= 15 is 0 Å². The highest BCUT2D eigenvalue weighted by Crippen LogP contribution is 2.23. The summed E-state index contributed by atoms with van der Waals surface area (Å²) in [5, 5.41) is 2.83. The van der Waals surface area contributed by atoms with E-state index in [2.05, 4.69) is 12.2 Å². The first-order chi connectivity index (χ1) is 10.5. The van der Waals surface area contributed by atoms with Crippen LogP contribution in [-0.2, 0) is 9.53 Å². The summed E-state index contributed by atoms with van der Waals surface area (Å²) in [7, 11) is 0. The number of hydrogen-bond donors (Lipinski definition) is 1. The molecule has 1 aromatic rings. The molecule has 120 valence electrons. The van der Waals surface area contributed by atoms with Gasteiger partial charge >= 0.3 is 5.97 Å². The number of rotatable bonds is 4. The second kappa shape index (κ2) is 7.33. The summed E-state index contributed by atoms with van der Waals surface area (Å²) in [6, 6.07) is 2.49. The molecule has 1 aromatic carbocycles. The molecule has 4 nitrogen and oxygen atoms in total. The third-order valence-electron chi connectivity index (χ3n) is 3.89. The van der Waals surface area contributed by atoms with Crippen molar-refractivity contribution in [3.63, 3.8) is 0 Å². The van der Waals surface area contributed by atoms with Gasteiger partial charge < -0.3 is 10.1 Å². The van der Waals surface area contributed by atoms with Gasteiger partial charge in [0.25, 0.3) is 5.91 Å². The van der Waals surface area contributed by atoms with Gasteiger partial charge in [0.1, 0.15) is 11.6 Å². The zero-order valence-electron chi connectivity index (χ0n) is 12.4. The fourth-order valence-corrected chi connectivity index (χ4v) is 2.67. The maximum atomic E-state index is 13.0. The van der Waals surface area contributed by atoms with Crippen LogP contribution in [0.4, 0.5) is 8.78 Å². The van der Waals surface area contributed by atoms with Crippen molar-refractivity contribution in [3.05, 3.63) is 35.4 Å². The number of benzene rings is 1. The lowest BCUT2D eigenvalue weighted by Gasteiger charge is -2.29.